The minimum Gasteiger partial charge on any atom is -0.493 e. The van der Waals surface area contributed by atoms with Crippen molar-refractivity contribution in [3.8, 4) is 23.0 Å². The Labute approximate surface area is 234 Å². The smallest absolute Gasteiger partial charge is 0.338 e. The summed E-state index contributed by atoms with van der Waals surface area (Å²) in [4.78, 5) is 43.5. The zero-order valence-corrected chi connectivity index (χ0v) is 23.5. The van der Waals surface area contributed by atoms with Crippen molar-refractivity contribution in [2.45, 2.75) is 19.9 Å². The molecule has 10 nitrogen and oxygen atoms in total. The Morgan fingerprint density at radius 3 is 2.35 bits per heavy atom. The second kappa shape index (κ2) is 12.0. The summed E-state index contributed by atoms with van der Waals surface area (Å²) < 4.78 is 28.6. The fourth-order valence-corrected chi connectivity index (χ4v) is 5.34. The lowest BCUT2D eigenvalue weighted by molar-refractivity contribution is -0.138. The summed E-state index contributed by atoms with van der Waals surface area (Å²) in [6, 6.07) is 9.31. The molecule has 0 saturated carbocycles. The van der Waals surface area contributed by atoms with E-state index in [4.69, 9.17) is 23.7 Å². The molecular formula is C29H28N2O8S. The van der Waals surface area contributed by atoms with Crippen LogP contribution in [0.4, 0.5) is 0 Å². The van der Waals surface area contributed by atoms with Gasteiger partial charge in [-0.2, -0.15) is 0 Å². The number of nitrogens with zero attached hydrogens (tertiary/aromatic N) is 2. The second-order valence-electron chi connectivity index (χ2n) is 8.59. The minimum atomic E-state index is -0.837. The number of ether oxygens (including phenoxy) is 5. The van der Waals surface area contributed by atoms with Gasteiger partial charge in [-0.1, -0.05) is 36.1 Å². The maximum absolute atomic E-state index is 13.9. The van der Waals surface area contributed by atoms with E-state index in [2.05, 4.69) is 11.6 Å². The molecule has 1 unspecified atom stereocenters. The van der Waals surface area contributed by atoms with E-state index in [0.717, 1.165) is 0 Å². The lowest BCUT2D eigenvalue weighted by Crippen LogP contribution is -2.40. The number of aromatic nitrogens is 1. The van der Waals surface area contributed by atoms with Crippen molar-refractivity contribution >= 4 is 29.4 Å². The van der Waals surface area contributed by atoms with Gasteiger partial charge >= 0.3 is 11.9 Å². The predicted octanol–water partition coefficient (Wildman–Crippen LogP) is 2.92. The number of hydrogen-bond donors (Lipinski definition) is 0. The quantitative estimate of drug-likeness (QED) is 0.221. The molecule has 3 aromatic rings. The van der Waals surface area contributed by atoms with Crippen LogP contribution in [0.15, 0.2) is 70.1 Å². The number of carbonyl (C=O) groups excluding carboxylic acids is 2. The van der Waals surface area contributed by atoms with Crippen LogP contribution < -0.4 is 33.8 Å². The Morgan fingerprint density at radius 2 is 1.70 bits per heavy atom. The highest BCUT2D eigenvalue weighted by atomic mass is 32.1. The minimum absolute atomic E-state index is 0.00383. The highest BCUT2D eigenvalue weighted by Crippen LogP contribution is 2.36. The standard InChI is InChI=1S/C29H28N2O8S/c1-7-12-38-28(34)25-16(2)30-29-31(26(25)19-9-11-20(35-4)23(15-19)37-6)27(33)24(40-29)14-18-8-10-21(39-17(3)32)22(13-18)36-5/h7-11,13-15,26H,1,12H2,2-6H3/b24-14-. The molecule has 11 heteroatoms. The summed E-state index contributed by atoms with van der Waals surface area (Å²) in [7, 11) is 4.49. The predicted molar refractivity (Wildman–Crippen MR) is 149 cm³/mol. The molecule has 4 rings (SSSR count). The third-order valence-electron chi connectivity index (χ3n) is 6.04. The summed E-state index contributed by atoms with van der Waals surface area (Å²) in [6.45, 7) is 6.61. The Bertz CT molecular complexity index is 1700. The molecule has 1 aliphatic heterocycles. The largest absolute Gasteiger partial charge is 0.493 e. The zero-order valence-electron chi connectivity index (χ0n) is 22.7. The van der Waals surface area contributed by atoms with Crippen LogP contribution in [0, 0.1) is 0 Å². The van der Waals surface area contributed by atoms with Gasteiger partial charge in [-0.15, -0.1) is 0 Å². The lowest BCUT2D eigenvalue weighted by atomic mass is 9.95. The first kappa shape index (κ1) is 28.4. The number of allylic oxidation sites excluding steroid dienone is 1. The van der Waals surface area contributed by atoms with Crippen molar-refractivity contribution < 1.29 is 33.3 Å². The van der Waals surface area contributed by atoms with Crippen LogP contribution in [-0.4, -0.2) is 44.4 Å². The summed E-state index contributed by atoms with van der Waals surface area (Å²) >= 11 is 1.18. The maximum atomic E-state index is 13.9. The number of esters is 2. The van der Waals surface area contributed by atoms with E-state index in [0.29, 0.717) is 43.4 Å². The van der Waals surface area contributed by atoms with E-state index >= 15 is 0 Å². The third kappa shape index (κ3) is 5.55. The number of fused-ring (bicyclic) bond motifs is 1. The van der Waals surface area contributed by atoms with Crippen LogP contribution in [-0.2, 0) is 14.3 Å². The van der Waals surface area contributed by atoms with Crippen LogP contribution in [0.25, 0.3) is 6.08 Å². The first-order valence-corrected chi connectivity index (χ1v) is 12.9. The van der Waals surface area contributed by atoms with Gasteiger partial charge in [-0.05, 0) is 48.4 Å². The molecule has 208 valence electrons. The zero-order chi connectivity index (χ0) is 29.0. The molecule has 1 atom stereocenters. The molecular weight excluding hydrogens is 536 g/mol. The molecule has 40 heavy (non-hydrogen) atoms. The van der Waals surface area contributed by atoms with Crippen molar-refractivity contribution in [3.05, 3.63) is 91.1 Å². The molecule has 0 saturated heterocycles. The average Bonchev–Trinajstić information content (AvgIpc) is 3.24. The van der Waals surface area contributed by atoms with Gasteiger partial charge in [-0.3, -0.25) is 14.2 Å². The molecule has 1 aliphatic rings. The number of hydrogen-bond acceptors (Lipinski definition) is 10. The average molecular weight is 565 g/mol. The van der Waals surface area contributed by atoms with Crippen molar-refractivity contribution in [1.29, 1.82) is 0 Å². The van der Waals surface area contributed by atoms with Gasteiger partial charge in [0.2, 0.25) is 0 Å². The van der Waals surface area contributed by atoms with Gasteiger partial charge in [0.15, 0.2) is 27.8 Å². The molecule has 0 N–H and O–H groups in total. The van der Waals surface area contributed by atoms with Crippen LogP contribution in [0.3, 0.4) is 0 Å². The summed E-state index contributed by atoms with van der Waals surface area (Å²) in [5.41, 5.74) is 1.54. The number of thiazole rings is 1. The SMILES string of the molecule is C=CCOC(=O)C1=C(C)N=c2s/c(=C\c3ccc(OC(C)=O)c(OC)c3)c(=O)n2C1c1ccc(OC)c(OC)c1. The van der Waals surface area contributed by atoms with Gasteiger partial charge in [0.05, 0.1) is 43.2 Å². The van der Waals surface area contributed by atoms with Gasteiger partial charge < -0.3 is 23.7 Å². The fraction of sp³-hybridized carbons (Fsp3) is 0.241. The van der Waals surface area contributed by atoms with Crippen molar-refractivity contribution in [3.63, 3.8) is 0 Å². The van der Waals surface area contributed by atoms with E-state index in [9.17, 15) is 14.4 Å². The van der Waals surface area contributed by atoms with Gasteiger partial charge in [0, 0.05) is 6.92 Å². The lowest BCUT2D eigenvalue weighted by Gasteiger charge is -2.25. The normalized spacial score (nSPS) is 14.6. The highest BCUT2D eigenvalue weighted by molar-refractivity contribution is 7.07. The van der Waals surface area contributed by atoms with E-state index in [1.54, 1.807) is 49.4 Å². The van der Waals surface area contributed by atoms with Crippen LogP contribution in [0.1, 0.15) is 31.0 Å². The number of rotatable bonds is 9. The number of methoxy groups -OCH3 is 3. The monoisotopic (exact) mass is 564 g/mol. The van der Waals surface area contributed by atoms with Crippen LogP contribution >= 0.6 is 11.3 Å². The molecule has 0 spiro atoms. The van der Waals surface area contributed by atoms with Crippen molar-refractivity contribution in [2.24, 2.45) is 4.99 Å². The molecule has 0 bridgehead atoms. The Kier molecular flexibility index (Phi) is 8.54. The maximum Gasteiger partial charge on any atom is 0.338 e. The topological polar surface area (TPSA) is 115 Å². The van der Waals surface area contributed by atoms with E-state index in [-0.39, 0.29) is 23.5 Å². The van der Waals surface area contributed by atoms with Gasteiger partial charge in [0.25, 0.3) is 5.56 Å². The Hall–Kier alpha value is -4.64. The van der Waals surface area contributed by atoms with Crippen LogP contribution in [0.2, 0.25) is 0 Å². The highest BCUT2D eigenvalue weighted by Gasteiger charge is 2.34. The molecule has 0 amide bonds. The van der Waals surface area contributed by atoms with Gasteiger partial charge in [-0.25, -0.2) is 9.79 Å². The molecule has 2 heterocycles. The first-order valence-electron chi connectivity index (χ1n) is 12.1. The van der Waals surface area contributed by atoms with Crippen molar-refractivity contribution in [1.82, 2.24) is 4.57 Å². The molecule has 0 radical (unpaired) electrons. The number of benzene rings is 2. The van der Waals surface area contributed by atoms with E-state index in [1.807, 2.05) is 0 Å². The third-order valence-corrected chi connectivity index (χ3v) is 7.02. The van der Waals surface area contributed by atoms with Crippen LogP contribution in [0.5, 0.6) is 23.0 Å². The van der Waals surface area contributed by atoms with Gasteiger partial charge in [0.1, 0.15) is 6.61 Å². The Morgan fingerprint density at radius 1 is 1.02 bits per heavy atom. The molecule has 0 aliphatic carbocycles. The summed E-state index contributed by atoms with van der Waals surface area (Å²) in [5, 5.41) is 0. The summed E-state index contributed by atoms with van der Waals surface area (Å²) in [5.74, 6) is 0.452. The summed E-state index contributed by atoms with van der Waals surface area (Å²) in [6.07, 6.45) is 3.15. The molecule has 2 aromatic carbocycles. The first-order chi connectivity index (χ1) is 19.2. The molecule has 0 fully saturated rings. The fourth-order valence-electron chi connectivity index (χ4n) is 4.30. The Balaban J connectivity index is 1.91. The van der Waals surface area contributed by atoms with E-state index in [1.165, 1.54) is 50.2 Å². The molecule has 1 aromatic heterocycles. The van der Waals surface area contributed by atoms with E-state index < -0.39 is 18.0 Å². The number of carbonyl (C=O) groups is 2. The second-order valence-corrected chi connectivity index (χ2v) is 9.60. The van der Waals surface area contributed by atoms with Crippen molar-refractivity contribution in [2.75, 3.05) is 27.9 Å².